The van der Waals surface area contributed by atoms with Crippen LogP contribution in [0.25, 0.3) is 0 Å². The summed E-state index contributed by atoms with van der Waals surface area (Å²) in [6.45, 7) is 0. The molecule has 0 spiro atoms. The molecule has 1 N–H and O–H groups in total. The molecule has 0 bridgehead atoms. The van der Waals surface area contributed by atoms with Gasteiger partial charge in [-0.2, -0.15) is 0 Å². The van der Waals surface area contributed by atoms with Crippen LogP contribution >= 0.6 is 10.7 Å². The molecular formula is C14H18ClNO4S. The molecule has 0 saturated heterocycles. The van der Waals surface area contributed by atoms with E-state index in [4.69, 9.17) is 15.4 Å². The van der Waals surface area contributed by atoms with Crippen LogP contribution in [0.2, 0.25) is 0 Å². The SMILES string of the molecule is COc1ccc(S(=O)(=O)Cl)cc1CC(=O)NC1CCCC1. The number of amides is 1. The average molecular weight is 332 g/mol. The van der Waals surface area contributed by atoms with Gasteiger partial charge in [-0.05, 0) is 31.0 Å². The van der Waals surface area contributed by atoms with E-state index in [1.165, 1.54) is 25.3 Å². The molecule has 0 heterocycles. The van der Waals surface area contributed by atoms with Crippen LogP contribution < -0.4 is 10.1 Å². The van der Waals surface area contributed by atoms with E-state index in [9.17, 15) is 13.2 Å². The monoisotopic (exact) mass is 331 g/mol. The number of benzene rings is 1. The number of carbonyl (C=O) groups excluding carboxylic acids is 1. The normalized spacial score (nSPS) is 15.9. The molecule has 21 heavy (non-hydrogen) atoms. The first-order valence-electron chi connectivity index (χ1n) is 6.81. The molecule has 5 nitrogen and oxygen atoms in total. The number of hydrogen-bond donors (Lipinski definition) is 1. The average Bonchev–Trinajstić information content (AvgIpc) is 2.90. The van der Waals surface area contributed by atoms with Gasteiger partial charge in [0.15, 0.2) is 0 Å². The minimum Gasteiger partial charge on any atom is -0.496 e. The Labute approximate surface area is 129 Å². The lowest BCUT2D eigenvalue weighted by atomic mass is 10.1. The first-order chi connectivity index (χ1) is 9.90. The van der Waals surface area contributed by atoms with Crippen LogP contribution in [0, 0.1) is 0 Å². The lowest BCUT2D eigenvalue weighted by Crippen LogP contribution is -2.33. The van der Waals surface area contributed by atoms with Crippen molar-refractivity contribution in [1.82, 2.24) is 5.32 Å². The second kappa shape index (κ2) is 6.66. The molecule has 7 heteroatoms. The van der Waals surface area contributed by atoms with Crippen LogP contribution in [0.15, 0.2) is 23.1 Å². The van der Waals surface area contributed by atoms with Crippen molar-refractivity contribution in [2.45, 2.75) is 43.0 Å². The van der Waals surface area contributed by atoms with E-state index >= 15 is 0 Å². The first-order valence-corrected chi connectivity index (χ1v) is 9.12. The summed E-state index contributed by atoms with van der Waals surface area (Å²) in [5.41, 5.74) is 0.509. The molecule has 1 aromatic carbocycles. The third-order valence-electron chi connectivity index (χ3n) is 3.60. The second-order valence-electron chi connectivity index (χ2n) is 5.14. The Morgan fingerprint density at radius 3 is 2.62 bits per heavy atom. The van der Waals surface area contributed by atoms with Crippen LogP contribution in [-0.2, 0) is 20.3 Å². The quantitative estimate of drug-likeness (QED) is 0.840. The fraction of sp³-hybridized carbons (Fsp3) is 0.500. The third-order valence-corrected chi connectivity index (χ3v) is 4.96. The zero-order chi connectivity index (χ0) is 15.5. The van der Waals surface area contributed by atoms with Crippen molar-refractivity contribution >= 4 is 25.6 Å². The summed E-state index contributed by atoms with van der Waals surface area (Å²) in [5.74, 6) is 0.338. The maximum absolute atomic E-state index is 12.0. The van der Waals surface area contributed by atoms with Crippen molar-refractivity contribution in [2.75, 3.05) is 7.11 Å². The van der Waals surface area contributed by atoms with E-state index in [-0.39, 0.29) is 23.3 Å². The van der Waals surface area contributed by atoms with Gasteiger partial charge in [0.25, 0.3) is 9.05 Å². The standard InChI is InChI=1S/C14H18ClNO4S/c1-20-13-7-6-12(21(15,18)19)8-10(13)9-14(17)16-11-4-2-3-5-11/h6-8,11H,2-5,9H2,1H3,(H,16,17). The predicted octanol–water partition coefficient (Wildman–Crippen LogP) is 2.22. The summed E-state index contributed by atoms with van der Waals surface area (Å²) < 4.78 is 27.9. The van der Waals surface area contributed by atoms with Crippen LogP contribution in [0.1, 0.15) is 31.2 Å². The van der Waals surface area contributed by atoms with Crippen LogP contribution in [0.3, 0.4) is 0 Å². The maximum atomic E-state index is 12.0. The molecule has 1 saturated carbocycles. The van der Waals surface area contributed by atoms with Gasteiger partial charge in [-0.15, -0.1) is 0 Å². The number of methoxy groups -OCH3 is 1. The molecule has 0 unspecified atom stereocenters. The molecule has 1 fully saturated rings. The zero-order valence-electron chi connectivity index (χ0n) is 11.8. The van der Waals surface area contributed by atoms with Gasteiger partial charge in [-0.3, -0.25) is 4.79 Å². The van der Waals surface area contributed by atoms with Gasteiger partial charge in [0.2, 0.25) is 5.91 Å². The van der Waals surface area contributed by atoms with Crippen molar-refractivity contribution in [1.29, 1.82) is 0 Å². The van der Waals surface area contributed by atoms with Gasteiger partial charge >= 0.3 is 0 Å². The number of ether oxygens (including phenoxy) is 1. The fourth-order valence-corrected chi connectivity index (χ4v) is 3.37. The van der Waals surface area contributed by atoms with Crippen LogP contribution in [-0.4, -0.2) is 27.5 Å². The molecule has 116 valence electrons. The number of carbonyl (C=O) groups is 1. The maximum Gasteiger partial charge on any atom is 0.261 e. The molecule has 2 rings (SSSR count). The molecule has 1 amide bonds. The highest BCUT2D eigenvalue weighted by molar-refractivity contribution is 8.13. The molecule has 0 aliphatic heterocycles. The Morgan fingerprint density at radius 2 is 2.05 bits per heavy atom. The number of nitrogens with one attached hydrogen (secondary N) is 1. The van der Waals surface area contributed by atoms with E-state index < -0.39 is 9.05 Å². The van der Waals surface area contributed by atoms with E-state index in [0.29, 0.717) is 11.3 Å². The smallest absolute Gasteiger partial charge is 0.261 e. The Kier molecular flexibility index (Phi) is 5.11. The van der Waals surface area contributed by atoms with E-state index in [1.807, 2.05) is 0 Å². The third kappa shape index (κ3) is 4.35. The van der Waals surface area contributed by atoms with Crippen molar-refractivity contribution in [3.63, 3.8) is 0 Å². The minimum atomic E-state index is -3.82. The summed E-state index contributed by atoms with van der Waals surface area (Å²) >= 11 is 0. The molecule has 0 radical (unpaired) electrons. The Morgan fingerprint density at radius 1 is 1.38 bits per heavy atom. The summed E-state index contributed by atoms with van der Waals surface area (Å²) in [6, 6.07) is 4.48. The summed E-state index contributed by atoms with van der Waals surface area (Å²) in [7, 11) is 2.98. The molecule has 0 atom stereocenters. The fourth-order valence-electron chi connectivity index (χ4n) is 2.57. The molecule has 0 aromatic heterocycles. The topological polar surface area (TPSA) is 72.5 Å². The molecule has 1 aliphatic rings. The van der Waals surface area contributed by atoms with Crippen molar-refractivity contribution in [3.05, 3.63) is 23.8 Å². The lowest BCUT2D eigenvalue weighted by Gasteiger charge is -2.13. The number of halogens is 1. The summed E-state index contributed by atoms with van der Waals surface area (Å²) in [5, 5.41) is 2.96. The van der Waals surface area contributed by atoms with E-state index in [0.717, 1.165) is 25.7 Å². The minimum absolute atomic E-state index is 0.0337. The predicted molar refractivity (Wildman–Crippen MR) is 80.1 cm³/mol. The zero-order valence-corrected chi connectivity index (χ0v) is 13.3. The summed E-state index contributed by atoms with van der Waals surface area (Å²) in [6.07, 6.45) is 4.33. The van der Waals surface area contributed by atoms with Gasteiger partial charge in [-0.25, -0.2) is 8.42 Å². The van der Waals surface area contributed by atoms with Gasteiger partial charge < -0.3 is 10.1 Å². The molecule has 1 aromatic rings. The van der Waals surface area contributed by atoms with Crippen molar-refractivity contribution < 1.29 is 17.9 Å². The summed E-state index contributed by atoms with van der Waals surface area (Å²) in [4.78, 5) is 12.0. The van der Waals surface area contributed by atoms with Gasteiger partial charge in [0, 0.05) is 22.3 Å². The van der Waals surface area contributed by atoms with Gasteiger partial charge in [-0.1, -0.05) is 12.8 Å². The highest BCUT2D eigenvalue weighted by Crippen LogP contribution is 2.25. The van der Waals surface area contributed by atoms with Crippen LogP contribution in [0.4, 0.5) is 0 Å². The number of hydrogen-bond acceptors (Lipinski definition) is 4. The largest absolute Gasteiger partial charge is 0.496 e. The van der Waals surface area contributed by atoms with Crippen molar-refractivity contribution in [3.8, 4) is 5.75 Å². The van der Waals surface area contributed by atoms with Gasteiger partial charge in [0.05, 0.1) is 18.4 Å². The van der Waals surface area contributed by atoms with E-state index in [1.54, 1.807) is 0 Å². The van der Waals surface area contributed by atoms with Crippen LogP contribution in [0.5, 0.6) is 5.75 Å². The van der Waals surface area contributed by atoms with Crippen molar-refractivity contribution in [2.24, 2.45) is 0 Å². The number of rotatable bonds is 5. The Bertz CT molecular complexity index is 624. The highest BCUT2D eigenvalue weighted by Gasteiger charge is 2.19. The first kappa shape index (κ1) is 16.1. The second-order valence-corrected chi connectivity index (χ2v) is 7.70. The molecular weight excluding hydrogens is 314 g/mol. The van der Waals surface area contributed by atoms with Gasteiger partial charge in [0.1, 0.15) is 5.75 Å². The highest BCUT2D eigenvalue weighted by atomic mass is 35.7. The Balaban J connectivity index is 2.15. The van der Waals surface area contributed by atoms with E-state index in [2.05, 4.69) is 5.32 Å². The Hall–Kier alpha value is -1.27. The molecule has 1 aliphatic carbocycles. The lowest BCUT2D eigenvalue weighted by molar-refractivity contribution is -0.121.